The van der Waals surface area contributed by atoms with E-state index in [4.69, 9.17) is 0 Å². The number of Topliss-reactive ketones (excluding diaryl/α,β-unsaturated/α-hetero) is 1. The first-order valence-electron chi connectivity index (χ1n) is 6.72. The monoisotopic (exact) mass is 316 g/mol. The summed E-state index contributed by atoms with van der Waals surface area (Å²) in [5.74, 6) is -1.02. The molecule has 0 bridgehead atoms. The van der Waals surface area contributed by atoms with Gasteiger partial charge in [0.05, 0.1) is 0 Å². The summed E-state index contributed by atoms with van der Waals surface area (Å²) in [5, 5.41) is 10.8. The molecule has 0 spiro atoms. The minimum Gasteiger partial charge on any atom is -0.381 e. The van der Waals surface area contributed by atoms with Crippen molar-refractivity contribution in [3.05, 3.63) is 34.9 Å². The van der Waals surface area contributed by atoms with E-state index in [0.717, 1.165) is 6.92 Å². The summed E-state index contributed by atoms with van der Waals surface area (Å²) in [6.45, 7) is 5.76. The quantitative estimate of drug-likeness (QED) is 0.494. The average molecular weight is 316 g/mol. The SMILES string of the molecule is CC1=C(C(F)(F)F)C(=O)CC(C)(C)C1(O)/C=C/C(C)=C\C=O. The van der Waals surface area contributed by atoms with Crippen molar-refractivity contribution in [1.82, 2.24) is 0 Å². The highest BCUT2D eigenvalue weighted by Crippen LogP contribution is 2.49. The number of allylic oxidation sites excluding steroid dienone is 4. The number of rotatable bonds is 3. The van der Waals surface area contributed by atoms with Crippen LogP contribution in [-0.2, 0) is 9.59 Å². The van der Waals surface area contributed by atoms with Gasteiger partial charge in [-0.15, -0.1) is 0 Å². The smallest absolute Gasteiger partial charge is 0.381 e. The van der Waals surface area contributed by atoms with Gasteiger partial charge < -0.3 is 5.11 Å². The number of halogens is 3. The fourth-order valence-corrected chi connectivity index (χ4v) is 2.67. The lowest BCUT2D eigenvalue weighted by Gasteiger charge is -2.45. The molecule has 3 nitrogen and oxygen atoms in total. The molecule has 0 saturated carbocycles. The Morgan fingerprint density at radius 3 is 2.32 bits per heavy atom. The van der Waals surface area contributed by atoms with Crippen LogP contribution in [0.5, 0.6) is 0 Å². The van der Waals surface area contributed by atoms with Gasteiger partial charge in [0.15, 0.2) is 5.78 Å². The fourth-order valence-electron chi connectivity index (χ4n) is 2.67. The second-order valence-electron chi connectivity index (χ2n) is 6.13. The van der Waals surface area contributed by atoms with Gasteiger partial charge in [-0.3, -0.25) is 9.59 Å². The molecule has 1 unspecified atom stereocenters. The van der Waals surface area contributed by atoms with E-state index in [0.29, 0.717) is 11.9 Å². The highest BCUT2D eigenvalue weighted by atomic mass is 19.4. The van der Waals surface area contributed by atoms with Crippen LogP contribution >= 0.6 is 0 Å². The largest absolute Gasteiger partial charge is 0.419 e. The average Bonchev–Trinajstić information content (AvgIpc) is 2.32. The van der Waals surface area contributed by atoms with Crippen molar-refractivity contribution in [3.8, 4) is 0 Å². The molecular formula is C16H19F3O3. The van der Waals surface area contributed by atoms with Gasteiger partial charge >= 0.3 is 6.18 Å². The summed E-state index contributed by atoms with van der Waals surface area (Å²) in [6, 6.07) is 0. The summed E-state index contributed by atoms with van der Waals surface area (Å²) in [6.07, 6.45) is -0.865. The van der Waals surface area contributed by atoms with Crippen LogP contribution in [-0.4, -0.2) is 29.0 Å². The first-order valence-corrected chi connectivity index (χ1v) is 6.72. The minimum atomic E-state index is -4.81. The Kier molecular flexibility index (Phi) is 4.87. The normalized spacial score (nSPS) is 26.7. The summed E-state index contributed by atoms with van der Waals surface area (Å²) in [4.78, 5) is 22.2. The molecule has 1 aliphatic carbocycles. The predicted molar refractivity (Wildman–Crippen MR) is 76.1 cm³/mol. The molecule has 1 rings (SSSR count). The van der Waals surface area contributed by atoms with E-state index in [1.807, 2.05) is 0 Å². The molecule has 0 radical (unpaired) electrons. The molecule has 0 amide bonds. The van der Waals surface area contributed by atoms with Gasteiger partial charge in [0, 0.05) is 11.8 Å². The highest BCUT2D eigenvalue weighted by molar-refractivity contribution is 5.99. The highest BCUT2D eigenvalue weighted by Gasteiger charge is 2.55. The Morgan fingerprint density at radius 1 is 1.32 bits per heavy atom. The van der Waals surface area contributed by atoms with Crippen LogP contribution in [0.25, 0.3) is 0 Å². The molecule has 22 heavy (non-hydrogen) atoms. The lowest BCUT2D eigenvalue weighted by Crippen LogP contribution is -2.51. The van der Waals surface area contributed by atoms with Gasteiger partial charge in [0.1, 0.15) is 17.5 Å². The third-order valence-electron chi connectivity index (χ3n) is 4.06. The Labute approximate surface area is 127 Å². The molecule has 0 saturated heterocycles. The maximum Gasteiger partial charge on any atom is 0.419 e. The lowest BCUT2D eigenvalue weighted by atomic mass is 9.62. The van der Waals surface area contributed by atoms with Crippen LogP contribution < -0.4 is 0 Å². The molecule has 0 aromatic rings. The Balaban J connectivity index is 3.52. The number of aldehydes is 1. The van der Waals surface area contributed by atoms with Gasteiger partial charge in [-0.2, -0.15) is 13.2 Å². The minimum absolute atomic E-state index is 0.420. The van der Waals surface area contributed by atoms with E-state index in [9.17, 15) is 27.9 Å². The van der Waals surface area contributed by atoms with Crippen LogP contribution in [0, 0.1) is 5.41 Å². The number of carbonyl (C=O) groups excluding carboxylic acids is 2. The molecule has 0 aliphatic heterocycles. The number of alkyl halides is 3. The lowest BCUT2D eigenvalue weighted by molar-refractivity contribution is -0.138. The maximum absolute atomic E-state index is 13.1. The number of hydrogen-bond donors (Lipinski definition) is 1. The van der Waals surface area contributed by atoms with E-state index < -0.39 is 40.5 Å². The van der Waals surface area contributed by atoms with Crippen molar-refractivity contribution in [2.75, 3.05) is 0 Å². The van der Waals surface area contributed by atoms with Gasteiger partial charge in [-0.25, -0.2) is 0 Å². The third kappa shape index (κ3) is 3.21. The maximum atomic E-state index is 13.1. The van der Waals surface area contributed by atoms with Crippen molar-refractivity contribution in [1.29, 1.82) is 0 Å². The number of aliphatic hydroxyl groups is 1. The van der Waals surface area contributed by atoms with Gasteiger partial charge in [-0.1, -0.05) is 19.9 Å². The van der Waals surface area contributed by atoms with Crippen LogP contribution in [0.2, 0.25) is 0 Å². The van der Waals surface area contributed by atoms with Crippen molar-refractivity contribution in [3.63, 3.8) is 0 Å². The predicted octanol–water partition coefficient (Wildman–Crippen LogP) is 3.30. The summed E-state index contributed by atoms with van der Waals surface area (Å²) >= 11 is 0. The van der Waals surface area contributed by atoms with E-state index in [-0.39, 0.29) is 0 Å². The van der Waals surface area contributed by atoms with Crippen molar-refractivity contribution < 1.29 is 27.9 Å². The van der Waals surface area contributed by atoms with Crippen molar-refractivity contribution in [2.24, 2.45) is 5.41 Å². The first kappa shape index (κ1) is 18.4. The standard InChI is InChI=1S/C16H19F3O3/c1-10(6-8-20)5-7-15(22)11(2)13(16(17,18)19)12(21)9-14(15,3)4/h5-8,22H,9H2,1-4H3/b7-5+,10-6-. The van der Waals surface area contributed by atoms with E-state index in [1.54, 1.807) is 6.92 Å². The third-order valence-corrected chi connectivity index (χ3v) is 4.06. The zero-order valence-corrected chi connectivity index (χ0v) is 12.9. The summed E-state index contributed by atoms with van der Waals surface area (Å²) in [7, 11) is 0. The number of hydrogen-bond acceptors (Lipinski definition) is 3. The van der Waals surface area contributed by atoms with Gasteiger partial charge in [0.25, 0.3) is 0 Å². The number of ketones is 1. The van der Waals surface area contributed by atoms with Crippen LogP contribution in [0.3, 0.4) is 0 Å². The van der Waals surface area contributed by atoms with Gasteiger partial charge in [-0.05, 0) is 37.1 Å². The summed E-state index contributed by atoms with van der Waals surface area (Å²) < 4.78 is 39.3. The van der Waals surface area contributed by atoms with Crippen molar-refractivity contribution in [2.45, 2.75) is 45.9 Å². The van der Waals surface area contributed by atoms with Crippen LogP contribution in [0.15, 0.2) is 34.9 Å². The molecule has 1 N–H and O–H groups in total. The second-order valence-corrected chi connectivity index (χ2v) is 6.13. The van der Waals surface area contributed by atoms with E-state index >= 15 is 0 Å². The summed E-state index contributed by atoms with van der Waals surface area (Å²) in [5.41, 5.74) is -4.25. The molecule has 1 aliphatic rings. The Bertz CT molecular complexity index is 580. The van der Waals surface area contributed by atoms with E-state index in [1.165, 1.54) is 32.1 Å². The fraction of sp³-hybridized carbons (Fsp3) is 0.500. The molecular weight excluding hydrogens is 297 g/mol. The molecule has 0 fully saturated rings. The molecule has 0 aromatic heterocycles. The van der Waals surface area contributed by atoms with Gasteiger partial charge in [0.2, 0.25) is 0 Å². The topological polar surface area (TPSA) is 54.4 Å². The molecule has 6 heteroatoms. The zero-order chi connectivity index (χ0) is 17.3. The van der Waals surface area contributed by atoms with Crippen molar-refractivity contribution >= 4 is 12.1 Å². The Morgan fingerprint density at radius 2 is 1.86 bits per heavy atom. The molecule has 122 valence electrons. The molecule has 1 atom stereocenters. The van der Waals surface area contributed by atoms with Crippen LogP contribution in [0.1, 0.15) is 34.1 Å². The zero-order valence-electron chi connectivity index (χ0n) is 12.9. The van der Waals surface area contributed by atoms with Crippen LogP contribution in [0.4, 0.5) is 13.2 Å². The molecule has 0 aromatic carbocycles. The first-order chi connectivity index (χ1) is 9.87. The van der Waals surface area contributed by atoms with E-state index in [2.05, 4.69) is 0 Å². The second kappa shape index (κ2) is 5.83. The molecule has 0 heterocycles. The Hall–Kier alpha value is -1.69. The number of carbonyl (C=O) groups is 2.